The van der Waals surface area contributed by atoms with Crippen LogP contribution in [0.1, 0.15) is 42.2 Å². The molecule has 0 N–H and O–H groups in total. The van der Waals surface area contributed by atoms with Gasteiger partial charge in [0, 0.05) is 142 Å². The maximum atomic E-state index is 13.5. The predicted octanol–water partition coefficient (Wildman–Crippen LogP) is 25.0. The molecule has 3 aliphatic rings. The number of para-hydroxylation sites is 6. The Bertz CT molecular complexity index is 7300. The summed E-state index contributed by atoms with van der Waals surface area (Å²) in [5.41, 5.74) is 21.8. The van der Waals surface area contributed by atoms with Gasteiger partial charge in [-0.25, -0.2) is 9.36 Å². The van der Waals surface area contributed by atoms with Crippen molar-refractivity contribution >= 4 is 146 Å². The van der Waals surface area contributed by atoms with Gasteiger partial charge in [-0.3, -0.25) is 4.79 Å². The molecule has 1 saturated heterocycles. The minimum atomic E-state index is -0.578. The molecular weight excluding hydrogens is 1450 g/mol. The molecule has 0 bridgehead atoms. The van der Waals surface area contributed by atoms with E-state index in [1.807, 2.05) is 71.3 Å². The van der Waals surface area contributed by atoms with Crippen molar-refractivity contribution in [2.24, 2.45) is 0 Å². The van der Waals surface area contributed by atoms with Crippen LogP contribution in [0.5, 0.6) is 0 Å². The summed E-state index contributed by atoms with van der Waals surface area (Å²) in [7, 11) is 0. The van der Waals surface area contributed by atoms with Crippen LogP contribution in [0, 0.1) is 0 Å². The first-order valence-electron chi connectivity index (χ1n) is 37.4. The largest absolute Gasteiger partial charge is 0.356 e. The van der Waals surface area contributed by atoms with Crippen molar-refractivity contribution in [3.8, 4) is 45.3 Å². The fraction of sp³-hybridized carbons (Fsp3) is 0.0619. The highest BCUT2D eigenvalue weighted by Gasteiger charge is 2.51. The Labute approximate surface area is 648 Å². The van der Waals surface area contributed by atoms with E-state index in [0.29, 0.717) is 0 Å². The first-order valence-corrected chi connectivity index (χ1v) is 39.8. The van der Waals surface area contributed by atoms with Gasteiger partial charge in [-0.1, -0.05) is 210 Å². The van der Waals surface area contributed by atoms with Crippen LogP contribution in [0.3, 0.4) is 0 Å². The number of fused-ring (bicyclic) bond motifs is 23. The average molecular weight is 1520 g/mol. The molecule has 0 amide bonds. The number of benzene rings is 14. The second kappa shape index (κ2) is 25.8. The Morgan fingerprint density at radius 1 is 0.355 bits per heavy atom. The standard InChI is InChI=1S/C46H28N4S.C37H22N2OS.C14H15BrN2O/c1-5-15-36-34(14-1)43-25-26-47-50(43)46(36)37-16-6-10-20-44(37)51-45-24-22-30(28-38(45)46)49-41-19-9-4-13-33(41)35-27-29(21-23-42(35)49)48-39-17-7-2-11-31(39)32-12-3-8-18-40(32)48;40-37-28-12-4-8-16-35(28)41-36-20-18-24(22-30(36)37)39-33-15-7-3-11-27(33)29-21-23(17-19-34(29)39)38-31-13-5-1-9-25(31)26-10-2-6-14-32(26)38;15-12-6-2-1-5-11(12)13-8-9-16-17(13)14-7-3-4-10-18-14/h1-28H;1-22H;1-2,5-6,8-9,14H,3-4,7,10H2. The molecule has 14 aromatic carbocycles. The Hall–Kier alpha value is -12.6. The molecule has 7 aromatic heterocycles. The van der Waals surface area contributed by atoms with Crippen LogP contribution in [0.2, 0.25) is 0 Å². The van der Waals surface area contributed by atoms with E-state index in [1.165, 1.54) is 115 Å². The molecule has 13 heteroatoms. The number of nitrogens with zero attached hydrogens (tertiary/aromatic N) is 8. The van der Waals surface area contributed by atoms with Gasteiger partial charge in [0.25, 0.3) is 0 Å². The molecule has 1 spiro atoms. The zero-order valence-electron chi connectivity index (χ0n) is 59.3. The van der Waals surface area contributed by atoms with Crippen LogP contribution in [-0.2, 0) is 10.3 Å². The molecule has 3 aliphatic heterocycles. The molecule has 2 unspecified atom stereocenters. The highest BCUT2D eigenvalue weighted by molar-refractivity contribution is 9.10. The van der Waals surface area contributed by atoms with Crippen LogP contribution < -0.4 is 5.43 Å². The molecule has 0 radical (unpaired) electrons. The summed E-state index contributed by atoms with van der Waals surface area (Å²) in [5.74, 6) is 0. The molecule has 2 atom stereocenters. The number of rotatable bonds is 6. The van der Waals surface area contributed by atoms with Gasteiger partial charge in [-0.2, -0.15) is 10.2 Å². The van der Waals surface area contributed by atoms with Crippen LogP contribution >= 0.6 is 39.0 Å². The Balaban J connectivity index is 0.000000113. The first kappa shape index (κ1) is 64.5. The molecule has 110 heavy (non-hydrogen) atoms. The number of ether oxygens (including phenoxy) is 1. The van der Waals surface area contributed by atoms with E-state index in [0.717, 1.165) is 94.8 Å². The smallest absolute Gasteiger partial charge is 0.195 e. The second-order valence-corrected chi connectivity index (χ2v) is 31.6. The lowest BCUT2D eigenvalue weighted by Gasteiger charge is -2.39. The van der Waals surface area contributed by atoms with Crippen LogP contribution in [0.25, 0.3) is 153 Å². The lowest BCUT2D eigenvalue weighted by Crippen LogP contribution is -2.38. The predicted molar refractivity (Wildman–Crippen MR) is 457 cm³/mol. The number of halogens is 1. The molecule has 10 heterocycles. The van der Waals surface area contributed by atoms with E-state index in [-0.39, 0.29) is 11.7 Å². The zero-order valence-corrected chi connectivity index (χ0v) is 62.5. The summed E-state index contributed by atoms with van der Waals surface area (Å²) in [6.45, 7) is 0.833. The fourth-order valence-electron chi connectivity index (χ4n) is 18.0. The minimum Gasteiger partial charge on any atom is -0.356 e. The van der Waals surface area contributed by atoms with Crippen LogP contribution in [0.15, 0.2) is 359 Å². The van der Waals surface area contributed by atoms with E-state index in [9.17, 15) is 4.79 Å². The summed E-state index contributed by atoms with van der Waals surface area (Å²) in [4.78, 5) is 16.0. The summed E-state index contributed by atoms with van der Waals surface area (Å²) >= 11 is 7.12. The topological polar surface area (TPSA) is 81.7 Å². The molecule has 0 saturated carbocycles. The molecule has 1 fully saturated rings. The maximum Gasteiger partial charge on any atom is 0.195 e. The third-order valence-corrected chi connectivity index (χ3v) is 25.7. The quantitative estimate of drug-likeness (QED) is 0.155. The minimum absolute atomic E-state index is 0.0795. The highest BCUT2D eigenvalue weighted by atomic mass is 79.9. The number of hydrogen-bond acceptors (Lipinski definition) is 6. The molecule has 21 aromatic rings. The van der Waals surface area contributed by atoms with E-state index >= 15 is 0 Å². The van der Waals surface area contributed by atoms with Gasteiger partial charge >= 0.3 is 0 Å². The van der Waals surface area contributed by atoms with E-state index in [2.05, 4.69) is 329 Å². The molecule has 0 aliphatic carbocycles. The van der Waals surface area contributed by atoms with Crippen molar-refractivity contribution in [1.82, 2.24) is 37.8 Å². The van der Waals surface area contributed by atoms with Gasteiger partial charge < -0.3 is 23.0 Å². The zero-order chi connectivity index (χ0) is 72.7. The maximum absolute atomic E-state index is 13.5. The molecular formula is C97H65BrN8O2S2. The summed E-state index contributed by atoms with van der Waals surface area (Å²) in [5, 5.41) is 20.9. The van der Waals surface area contributed by atoms with Gasteiger partial charge in [-0.15, -0.1) is 11.3 Å². The monoisotopic (exact) mass is 1520 g/mol. The van der Waals surface area contributed by atoms with E-state index < -0.39 is 5.54 Å². The number of aromatic nitrogens is 8. The van der Waals surface area contributed by atoms with Crippen molar-refractivity contribution in [2.75, 3.05) is 6.61 Å². The van der Waals surface area contributed by atoms with E-state index in [4.69, 9.17) is 9.84 Å². The average Bonchev–Trinajstić information content (AvgIpc) is 1.52. The summed E-state index contributed by atoms with van der Waals surface area (Å²) in [6, 6.07) is 117. The van der Waals surface area contributed by atoms with Crippen molar-refractivity contribution in [2.45, 2.75) is 40.8 Å². The van der Waals surface area contributed by atoms with Crippen molar-refractivity contribution in [1.29, 1.82) is 0 Å². The fourth-order valence-corrected chi connectivity index (χ4v) is 20.7. The van der Waals surface area contributed by atoms with Crippen LogP contribution in [0.4, 0.5) is 0 Å². The number of hydrogen-bond donors (Lipinski definition) is 0. The lowest BCUT2D eigenvalue weighted by molar-refractivity contribution is -0.0383. The Morgan fingerprint density at radius 2 is 0.782 bits per heavy atom. The molecule has 24 rings (SSSR count). The van der Waals surface area contributed by atoms with Gasteiger partial charge in [0.15, 0.2) is 11.7 Å². The Kier molecular flexibility index (Phi) is 15.1. The van der Waals surface area contributed by atoms with Crippen molar-refractivity contribution < 1.29 is 4.74 Å². The lowest BCUT2D eigenvalue weighted by atomic mass is 9.77. The van der Waals surface area contributed by atoms with Crippen molar-refractivity contribution in [3.63, 3.8) is 0 Å². The van der Waals surface area contributed by atoms with Crippen molar-refractivity contribution in [3.05, 3.63) is 371 Å². The van der Waals surface area contributed by atoms with Gasteiger partial charge in [0.1, 0.15) is 5.54 Å². The summed E-state index contributed by atoms with van der Waals surface area (Å²) < 4.78 is 22.7. The highest BCUT2D eigenvalue weighted by Crippen LogP contribution is 2.59. The summed E-state index contributed by atoms with van der Waals surface area (Å²) in [6.07, 6.45) is 7.27. The Morgan fingerprint density at radius 3 is 1.35 bits per heavy atom. The second-order valence-electron chi connectivity index (χ2n) is 28.6. The third kappa shape index (κ3) is 9.87. The normalized spacial score (nSPS) is 15.1. The molecule has 524 valence electrons. The SMILES string of the molecule is Brc1ccccc1-c1ccnn1C1CCCCO1.O=c1c2ccccc2sc2ccc(-n3c4ccccc4c4cc(-n5c6ccccc6c6ccccc65)ccc43)cc12.c1ccc2c(c1)Sc1ccc(-n3c4ccccc4c4cc(-n5c6ccccc6c6ccccc65)ccc43)cc1C21c2ccccc2-c2ccnn21. The third-order valence-electron chi connectivity index (χ3n) is 22.7. The first-order chi connectivity index (χ1) is 54.4. The van der Waals surface area contributed by atoms with Gasteiger partial charge in [0.2, 0.25) is 0 Å². The van der Waals surface area contributed by atoms with Gasteiger partial charge in [0.05, 0.1) is 55.5 Å². The molecule has 10 nitrogen and oxygen atoms in total. The van der Waals surface area contributed by atoms with Crippen LogP contribution in [-0.4, -0.2) is 44.4 Å². The van der Waals surface area contributed by atoms with Gasteiger partial charge in [-0.05, 0) is 170 Å². The van der Waals surface area contributed by atoms with E-state index in [1.54, 1.807) is 11.3 Å².